The zero-order valence-electron chi connectivity index (χ0n) is 16.8. The number of hydrogen-bond acceptors (Lipinski definition) is 4. The predicted molar refractivity (Wildman–Crippen MR) is 128 cm³/mol. The highest BCUT2D eigenvalue weighted by Crippen LogP contribution is 2.32. The van der Waals surface area contributed by atoms with Gasteiger partial charge in [-0.1, -0.05) is 90.7 Å². The minimum absolute atomic E-state index is 0.0795. The van der Waals surface area contributed by atoms with Gasteiger partial charge in [0.05, 0.1) is 4.91 Å². The molecule has 6 heteroatoms. The Balaban J connectivity index is 1.49. The van der Waals surface area contributed by atoms with Gasteiger partial charge in [-0.15, -0.1) is 0 Å². The van der Waals surface area contributed by atoms with Crippen molar-refractivity contribution in [2.24, 2.45) is 0 Å². The molecule has 0 aromatic heterocycles. The van der Waals surface area contributed by atoms with Crippen LogP contribution in [0.3, 0.4) is 0 Å². The summed E-state index contributed by atoms with van der Waals surface area (Å²) in [4.78, 5) is 27.0. The smallest absolute Gasteiger partial charge is 0.266 e. The SMILES string of the molecule is CC(=Cc1ccccc1)C=C1SC(=S)N(CCC(=O)NCCc2ccccc2)C1=O. The molecule has 0 aliphatic carbocycles. The largest absolute Gasteiger partial charge is 0.356 e. The quantitative estimate of drug-likeness (QED) is 0.486. The summed E-state index contributed by atoms with van der Waals surface area (Å²) in [6.07, 6.45) is 4.88. The van der Waals surface area contributed by atoms with Gasteiger partial charge in [-0.25, -0.2) is 0 Å². The first-order valence-electron chi connectivity index (χ1n) is 9.82. The number of thiocarbonyl (C=S) groups is 1. The Hall–Kier alpha value is -2.70. The Bertz CT molecular complexity index is 969. The fourth-order valence-electron chi connectivity index (χ4n) is 3.05. The number of carbonyl (C=O) groups excluding carboxylic acids is 2. The van der Waals surface area contributed by atoms with E-state index in [1.54, 1.807) is 0 Å². The zero-order chi connectivity index (χ0) is 21.3. The molecule has 1 saturated heterocycles. The van der Waals surface area contributed by atoms with Crippen molar-refractivity contribution >= 4 is 46.2 Å². The van der Waals surface area contributed by atoms with E-state index in [-0.39, 0.29) is 18.2 Å². The topological polar surface area (TPSA) is 49.4 Å². The van der Waals surface area contributed by atoms with Crippen molar-refractivity contribution in [2.75, 3.05) is 13.1 Å². The summed E-state index contributed by atoms with van der Waals surface area (Å²) in [6.45, 7) is 2.82. The van der Waals surface area contributed by atoms with Crippen LogP contribution in [-0.4, -0.2) is 34.1 Å². The minimum atomic E-state index is -0.136. The molecule has 1 N–H and O–H groups in total. The van der Waals surface area contributed by atoms with E-state index in [1.165, 1.54) is 22.2 Å². The van der Waals surface area contributed by atoms with Crippen LogP contribution in [0.5, 0.6) is 0 Å². The lowest BCUT2D eigenvalue weighted by molar-refractivity contribution is -0.123. The second-order valence-electron chi connectivity index (χ2n) is 6.97. The molecule has 2 aromatic carbocycles. The summed E-state index contributed by atoms with van der Waals surface area (Å²) in [5.74, 6) is -0.216. The molecule has 0 radical (unpaired) electrons. The molecule has 0 atom stereocenters. The van der Waals surface area contributed by atoms with E-state index < -0.39 is 0 Å². The Kier molecular flexibility index (Phi) is 7.99. The molecule has 30 heavy (non-hydrogen) atoms. The van der Waals surface area contributed by atoms with Gasteiger partial charge in [0.25, 0.3) is 5.91 Å². The second kappa shape index (κ2) is 10.9. The first kappa shape index (κ1) is 22.0. The number of allylic oxidation sites excluding steroid dienone is 2. The summed E-state index contributed by atoms with van der Waals surface area (Å²) >= 11 is 6.64. The molecule has 0 bridgehead atoms. The van der Waals surface area contributed by atoms with Crippen molar-refractivity contribution in [1.29, 1.82) is 0 Å². The standard InChI is InChI=1S/C24H24N2O2S2/c1-18(16-20-10-6-3-7-11-20)17-21-23(28)26(24(29)30-21)15-13-22(27)25-14-12-19-8-4-2-5-9-19/h2-11,16-17H,12-15H2,1H3,(H,25,27). The number of amides is 2. The van der Waals surface area contributed by atoms with Gasteiger partial charge in [-0.3, -0.25) is 14.5 Å². The summed E-state index contributed by atoms with van der Waals surface area (Å²) < 4.78 is 0.496. The molecule has 0 saturated carbocycles. The van der Waals surface area contributed by atoms with Crippen molar-refractivity contribution in [3.63, 3.8) is 0 Å². The Morgan fingerprint density at radius 1 is 1.10 bits per heavy atom. The van der Waals surface area contributed by atoms with Gasteiger partial charge in [0.2, 0.25) is 5.91 Å². The van der Waals surface area contributed by atoms with Gasteiger partial charge >= 0.3 is 0 Å². The zero-order valence-corrected chi connectivity index (χ0v) is 18.5. The number of benzene rings is 2. The normalized spacial score (nSPS) is 15.7. The maximum atomic E-state index is 12.7. The van der Waals surface area contributed by atoms with Crippen LogP contribution >= 0.6 is 24.0 Å². The molecule has 2 aromatic rings. The van der Waals surface area contributed by atoms with Crippen LogP contribution < -0.4 is 5.32 Å². The third-order valence-corrected chi connectivity index (χ3v) is 5.95. The van der Waals surface area contributed by atoms with Crippen LogP contribution in [0.4, 0.5) is 0 Å². The third kappa shape index (κ3) is 6.40. The van der Waals surface area contributed by atoms with E-state index >= 15 is 0 Å². The van der Waals surface area contributed by atoms with Crippen molar-refractivity contribution in [2.45, 2.75) is 19.8 Å². The number of nitrogens with zero attached hydrogens (tertiary/aromatic N) is 1. The van der Waals surface area contributed by atoms with Gasteiger partial charge < -0.3 is 5.32 Å². The van der Waals surface area contributed by atoms with Crippen molar-refractivity contribution in [1.82, 2.24) is 10.2 Å². The Morgan fingerprint density at radius 2 is 1.77 bits per heavy atom. The van der Waals surface area contributed by atoms with Gasteiger partial charge in [-0.05, 0) is 36.1 Å². The lowest BCUT2D eigenvalue weighted by atomic mass is 10.1. The Morgan fingerprint density at radius 3 is 2.47 bits per heavy atom. The molecule has 1 aliphatic rings. The molecule has 1 heterocycles. The van der Waals surface area contributed by atoms with Gasteiger partial charge in [0, 0.05) is 19.5 Å². The molecule has 1 fully saturated rings. The predicted octanol–water partition coefficient (Wildman–Crippen LogP) is 4.58. The summed E-state index contributed by atoms with van der Waals surface area (Å²) in [5.41, 5.74) is 3.23. The molecule has 0 unspecified atom stereocenters. The number of thioether (sulfide) groups is 1. The summed E-state index contributed by atoms with van der Waals surface area (Å²) in [5, 5.41) is 2.90. The van der Waals surface area contributed by atoms with Crippen LogP contribution in [-0.2, 0) is 16.0 Å². The van der Waals surface area contributed by atoms with Crippen LogP contribution in [0.15, 0.2) is 77.2 Å². The fraction of sp³-hybridized carbons (Fsp3) is 0.208. The number of carbonyl (C=O) groups is 2. The highest BCUT2D eigenvalue weighted by atomic mass is 32.2. The number of rotatable bonds is 8. The van der Waals surface area contributed by atoms with Crippen LogP contribution in [0, 0.1) is 0 Å². The summed E-state index contributed by atoms with van der Waals surface area (Å²) in [6, 6.07) is 19.9. The van der Waals surface area contributed by atoms with Crippen LogP contribution in [0.25, 0.3) is 6.08 Å². The first-order chi connectivity index (χ1) is 14.5. The molecule has 1 aliphatic heterocycles. The monoisotopic (exact) mass is 436 g/mol. The van der Waals surface area contributed by atoms with Crippen LogP contribution in [0.2, 0.25) is 0 Å². The van der Waals surface area contributed by atoms with E-state index in [1.807, 2.05) is 79.7 Å². The van der Waals surface area contributed by atoms with E-state index in [0.717, 1.165) is 17.6 Å². The number of nitrogens with one attached hydrogen (secondary N) is 1. The van der Waals surface area contributed by atoms with Gasteiger partial charge in [0.15, 0.2) is 0 Å². The van der Waals surface area contributed by atoms with E-state index in [4.69, 9.17) is 12.2 Å². The molecule has 4 nitrogen and oxygen atoms in total. The van der Waals surface area contributed by atoms with Gasteiger partial charge in [0.1, 0.15) is 4.32 Å². The third-order valence-electron chi connectivity index (χ3n) is 4.57. The van der Waals surface area contributed by atoms with Crippen molar-refractivity contribution < 1.29 is 9.59 Å². The minimum Gasteiger partial charge on any atom is -0.356 e. The average molecular weight is 437 g/mol. The molecule has 3 rings (SSSR count). The highest BCUT2D eigenvalue weighted by Gasteiger charge is 2.31. The second-order valence-corrected chi connectivity index (χ2v) is 8.64. The molecule has 2 amide bonds. The van der Waals surface area contributed by atoms with E-state index in [2.05, 4.69) is 5.32 Å². The van der Waals surface area contributed by atoms with Crippen molar-refractivity contribution in [3.05, 3.63) is 88.3 Å². The molecule has 154 valence electrons. The van der Waals surface area contributed by atoms with Crippen molar-refractivity contribution in [3.8, 4) is 0 Å². The highest BCUT2D eigenvalue weighted by molar-refractivity contribution is 8.26. The molecule has 0 spiro atoms. The average Bonchev–Trinajstić information content (AvgIpc) is 3.00. The lowest BCUT2D eigenvalue weighted by Crippen LogP contribution is -2.34. The van der Waals surface area contributed by atoms with Gasteiger partial charge in [-0.2, -0.15) is 0 Å². The van der Waals surface area contributed by atoms with E-state index in [0.29, 0.717) is 22.3 Å². The maximum Gasteiger partial charge on any atom is 0.266 e. The summed E-state index contributed by atoms with van der Waals surface area (Å²) in [7, 11) is 0. The molecular formula is C24H24N2O2S2. The maximum absolute atomic E-state index is 12.7. The van der Waals surface area contributed by atoms with E-state index in [9.17, 15) is 9.59 Å². The first-order valence-corrected chi connectivity index (χ1v) is 11.0. The van der Waals surface area contributed by atoms with Crippen LogP contribution in [0.1, 0.15) is 24.5 Å². The lowest BCUT2D eigenvalue weighted by Gasteiger charge is -2.14. The molecular weight excluding hydrogens is 412 g/mol. The Labute approximate surface area is 187 Å². The number of hydrogen-bond donors (Lipinski definition) is 1. The fourth-order valence-corrected chi connectivity index (χ4v) is 4.40.